The first kappa shape index (κ1) is 17.8. The van der Waals surface area contributed by atoms with Gasteiger partial charge >= 0.3 is 0 Å². The van der Waals surface area contributed by atoms with Crippen LogP contribution in [0.2, 0.25) is 0 Å². The monoisotopic (exact) mass is 311 g/mol. The highest BCUT2D eigenvalue weighted by Crippen LogP contribution is 2.13. The van der Waals surface area contributed by atoms with Gasteiger partial charge in [-0.05, 0) is 37.4 Å². The highest BCUT2D eigenvalue weighted by atomic mass is 32.2. The number of sulfonamides is 1. The minimum atomic E-state index is -3.49. The molecular formula is C15H25N3O2S. The number of pyridine rings is 1. The van der Waals surface area contributed by atoms with Crippen LogP contribution in [0.15, 0.2) is 36.0 Å². The van der Waals surface area contributed by atoms with Gasteiger partial charge in [-0.3, -0.25) is 0 Å². The summed E-state index contributed by atoms with van der Waals surface area (Å²) in [6, 6.07) is 3.38. The number of nitrogens with zero attached hydrogens (tertiary/aromatic N) is 2. The van der Waals surface area contributed by atoms with Gasteiger partial charge in [0, 0.05) is 26.3 Å². The second-order valence-corrected chi connectivity index (χ2v) is 6.93. The Morgan fingerprint density at radius 3 is 2.76 bits per heavy atom. The van der Waals surface area contributed by atoms with Gasteiger partial charge in [0.1, 0.15) is 0 Å². The van der Waals surface area contributed by atoms with Crippen molar-refractivity contribution in [2.45, 2.75) is 37.8 Å². The van der Waals surface area contributed by atoms with Crippen LogP contribution in [-0.2, 0) is 16.6 Å². The fraction of sp³-hybridized carbons (Fsp3) is 0.533. The largest absolute Gasteiger partial charge is 0.313 e. The molecule has 1 rings (SSSR count). The number of hydrogen-bond donors (Lipinski definition) is 1. The number of rotatable bonds is 10. The molecular weight excluding hydrogens is 286 g/mol. The molecule has 0 spiro atoms. The molecule has 0 amide bonds. The lowest BCUT2D eigenvalue weighted by Gasteiger charge is -2.16. The lowest BCUT2D eigenvalue weighted by atomic mass is 10.3. The zero-order chi connectivity index (χ0) is 15.7. The minimum absolute atomic E-state index is 0.0999. The maximum Gasteiger partial charge on any atom is 0.260 e. The van der Waals surface area contributed by atoms with Crippen molar-refractivity contribution in [3.63, 3.8) is 0 Å². The first-order chi connectivity index (χ1) is 10.0. The third-order valence-corrected chi connectivity index (χ3v) is 4.88. The lowest BCUT2D eigenvalue weighted by molar-refractivity contribution is 0.460. The van der Waals surface area contributed by atoms with Crippen molar-refractivity contribution in [2.24, 2.45) is 0 Å². The molecule has 1 aromatic heterocycles. The van der Waals surface area contributed by atoms with Gasteiger partial charge in [-0.1, -0.05) is 19.1 Å². The van der Waals surface area contributed by atoms with Crippen molar-refractivity contribution < 1.29 is 8.42 Å². The highest BCUT2D eigenvalue weighted by Gasteiger charge is 2.21. The molecule has 5 nitrogen and oxygen atoms in total. The Bertz CT molecular complexity index is 526. The third-order valence-electron chi connectivity index (χ3n) is 3.11. The summed E-state index contributed by atoms with van der Waals surface area (Å²) in [7, 11) is -1.91. The van der Waals surface area contributed by atoms with Crippen LogP contribution >= 0.6 is 0 Å². The van der Waals surface area contributed by atoms with Gasteiger partial charge in [0.05, 0.1) is 0 Å². The summed E-state index contributed by atoms with van der Waals surface area (Å²) < 4.78 is 26.0. The van der Waals surface area contributed by atoms with E-state index >= 15 is 0 Å². The molecule has 0 aliphatic rings. The van der Waals surface area contributed by atoms with Crippen molar-refractivity contribution in [2.75, 3.05) is 20.1 Å². The van der Waals surface area contributed by atoms with E-state index in [1.807, 2.05) is 0 Å². The Kier molecular flexibility index (Phi) is 7.56. The molecule has 0 aromatic carbocycles. The smallest absolute Gasteiger partial charge is 0.260 e. The average molecular weight is 311 g/mol. The summed E-state index contributed by atoms with van der Waals surface area (Å²) in [4.78, 5) is 4.09. The molecule has 1 aromatic rings. The molecule has 0 unspecified atom stereocenters. The summed E-state index contributed by atoms with van der Waals surface area (Å²) in [5, 5.41) is 3.36. The van der Waals surface area contributed by atoms with Crippen LogP contribution in [0, 0.1) is 0 Å². The lowest BCUT2D eigenvalue weighted by Crippen LogP contribution is -2.28. The zero-order valence-corrected chi connectivity index (χ0v) is 13.7. The maximum absolute atomic E-state index is 12.3. The summed E-state index contributed by atoms with van der Waals surface area (Å²) >= 11 is 0. The summed E-state index contributed by atoms with van der Waals surface area (Å²) in [6.45, 7) is 7.84. The Hall–Kier alpha value is -1.24. The number of unbranched alkanes of at least 4 members (excludes halogenated alkanes) is 1. The van der Waals surface area contributed by atoms with Crippen LogP contribution in [0.25, 0.3) is 0 Å². The molecule has 0 saturated carbocycles. The van der Waals surface area contributed by atoms with E-state index < -0.39 is 10.0 Å². The number of nitrogens with one attached hydrogen (secondary N) is 1. The molecule has 0 radical (unpaired) electrons. The molecule has 0 aliphatic heterocycles. The van der Waals surface area contributed by atoms with Gasteiger partial charge in [-0.25, -0.2) is 13.4 Å². The van der Waals surface area contributed by atoms with Crippen LogP contribution in [0.4, 0.5) is 0 Å². The summed E-state index contributed by atoms with van der Waals surface area (Å²) in [5.74, 6) is 0. The van der Waals surface area contributed by atoms with E-state index in [0.717, 1.165) is 31.4 Å². The normalized spacial score (nSPS) is 11.8. The topological polar surface area (TPSA) is 62.3 Å². The fourth-order valence-electron chi connectivity index (χ4n) is 1.82. The van der Waals surface area contributed by atoms with Gasteiger partial charge in [0.2, 0.25) is 0 Å². The van der Waals surface area contributed by atoms with E-state index in [2.05, 4.69) is 23.8 Å². The van der Waals surface area contributed by atoms with Crippen molar-refractivity contribution >= 4 is 10.0 Å². The fourth-order valence-corrected chi connectivity index (χ4v) is 2.93. The molecule has 0 fully saturated rings. The summed E-state index contributed by atoms with van der Waals surface area (Å²) in [6.07, 6.45) is 6.03. The molecule has 6 heteroatoms. The zero-order valence-electron chi connectivity index (χ0n) is 12.9. The van der Waals surface area contributed by atoms with Gasteiger partial charge in [-0.2, -0.15) is 4.31 Å². The molecule has 0 aliphatic carbocycles. The van der Waals surface area contributed by atoms with Crippen LogP contribution in [0.1, 0.15) is 31.7 Å². The average Bonchev–Trinajstić information content (AvgIpc) is 2.48. The van der Waals surface area contributed by atoms with Crippen LogP contribution < -0.4 is 5.32 Å². The quantitative estimate of drug-likeness (QED) is 0.531. The van der Waals surface area contributed by atoms with Gasteiger partial charge in [0.15, 0.2) is 5.03 Å². The SMILES string of the molecule is C=CCCCN(C)S(=O)(=O)c1ccc(CNCCC)cn1. The van der Waals surface area contributed by atoms with Gasteiger partial charge in [0.25, 0.3) is 10.0 Å². The standard InChI is InChI=1S/C15H25N3O2S/c1-4-6-7-11-18(3)21(19,20)15-9-8-14(13-17-15)12-16-10-5-2/h4,8-9,13,16H,1,5-7,10-12H2,2-3H3. The van der Waals surface area contributed by atoms with Crippen LogP contribution in [-0.4, -0.2) is 37.8 Å². The Balaban J connectivity index is 2.68. The number of allylic oxidation sites excluding steroid dienone is 1. The Morgan fingerprint density at radius 2 is 2.19 bits per heavy atom. The highest BCUT2D eigenvalue weighted by molar-refractivity contribution is 7.89. The number of hydrogen-bond acceptors (Lipinski definition) is 4. The molecule has 1 heterocycles. The molecule has 0 bridgehead atoms. The van der Waals surface area contributed by atoms with E-state index in [-0.39, 0.29) is 5.03 Å². The van der Waals surface area contributed by atoms with E-state index in [1.54, 1.807) is 31.5 Å². The van der Waals surface area contributed by atoms with Crippen molar-refractivity contribution in [1.29, 1.82) is 0 Å². The van der Waals surface area contributed by atoms with E-state index in [0.29, 0.717) is 13.1 Å². The first-order valence-corrected chi connectivity index (χ1v) is 8.69. The third kappa shape index (κ3) is 5.57. The molecule has 118 valence electrons. The Morgan fingerprint density at radius 1 is 1.43 bits per heavy atom. The van der Waals surface area contributed by atoms with Gasteiger partial charge in [-0.15, -0.1) is 6.58 Å². The van der Waals surface area contributed by atoms with E-state index in [9.17, 15) is 8.42 Å². The molecule has 21 heavy (non-hydrogen) atoms. The minimum Gasteiger partial charge on any atom is -0.313 e. The first-order valence-electron chi connectivity index (χ1n) is 7.25. The van der Waals surface area contributed by atoms with Crippen LogP contribution in [0.5, 0.6) is 0 Å². The predicted molar refractivity (Wildman–Crippen MR) is 85.5 cm³/mol. The number of aromatic nitrogens is 1. The predicted octanol–water partition coefficient (Wildman–Crippen LogP) is 2.17. The van der Waals surface area contributed by atoms with Crippen molar-refractivity contribution in [3.05, 3.63) is 36.5 Å². The Labute approximate surface area is 128 Å². The van der Waals surface area contributed by atoms with E-state index in [1.165, 1.54) is 4.31 Å². The van der Waals surface area contributed by atoms with E-state index in [4.69, 9.17) is 0 Å². The van der Waals surface area contributed by atoms with Crippen LogP contribution in [0.3, 0.4) is 0 Å². The second-order valence-electron chi connectivity index (χ2n) is 4.94. The van der Waals surface area contributed by atoms with Crippen molar-refractivity contribution in [1.82, 2.24) is 14.6 Å². The molecule has 1 N–H and O–H groups in total. The second kappa shape index (κ2) is 8.92. The molecule has 0 saturated heterocycles. The maximum atomic E-state index is 12.3. The van der Waals surface area contributed by atoms with Crippen molar-refractivity contribution in [3.8, 4) is 0 Å². The van der Waals surface area contributed by atoms with Gasteiger partial charge < -0.3 is 5.32 Å². The molecule has 0 atom stereocenters. The summed E-state index contributed by atoms with van der Waals surface area (Å²) in [5.41, 5.74) is 0.983.